The van der Waals surface area contributed by atoms with Crippen molar-refractivity contribution >= 4 is 22.9 Å². The molecule has 28 heavy (non-hydrogen) atoms. The number of nitrogens with zero attached hydrogens (tertiary/aromatic N) is 3. The molecule has 3 atom stereocenters. The van der Waals surface area contributed by atoms with E-state index in [1.165, 1.54) is 0 Å². The van der Waals surface area contributed by atoms with Gasteiger partial charge in [0.25, 0.3) is 0 Å². The Kier molecular flexibility index (Phi) is 6.01. The van der Waals surface area contributed by atoms with Crippen LogP contribution in [0.25, 0.3) is 0 Å². The molecule has 0 aliphatic carbocycles. The minimum Gasteiger partial charge on any atom is -0.386 e. The molecule has 1 fully saturated rings. The van der Waals surface area contributed by atoms with Crippen molar-refractivity contribution in [2.75, 3.05) is 26.9 Å². The van der Waals surface area contributed by atoms with E-state index in [4.69, 9.17) is 21.1 Å². The molecule has 1 saturated heterocycles. The van der Waals surface area contributed by atoms with Gasteiger partial charge in [0.2, 0.25) is 0 Å². The van der Waals surface area contributed by atoms with E-state index in [1.807, 2.05) is 18.5 Å². The zero-order valence-corrected chi connectivity index (χ0v) is 17.8. The SMILES string of the molecule is COCCc1ncc(CN2CC[C@]3(C[C@@H]2C)OC[C@H](O)c2cc(Cl)sc23)cn1. The number of likely N-dealkylation sites (tertiary alicyclic amines) is 1. The summed E-state index contributed by atoms with van der Waals surface area (Å²) >= 11 is 7.80. The maximum absolute atomic E-state index is 10.3. The molecule has 1 spiro atoms. The molecule has 1 N–H and O–H groups in total. The van der Waals surface area contributed by atoms with E-state index in [2.05, 4.69) is 21.8 Å². The average molecular weight is 424 g/mol. The van der Waals surface area contributed by atoms with Crippen molar-refractivity contribution < 1.29 is 14.6 Å². The molecule has 0 aromatic carbocycles. The number of hydrogen-bond donors (Lipinski definition) is 1. The van der Waals surface area contributed by atoms with Crippen LogP contribution in [0, 0.1) is 0 Å². The molecular weight excluding hydrogens is 398 g/mol. The van der Waals surface area contributed by atoms with Crippen LogP contribution in [0.2, 0.25) is 4.34 Å². The van der Waals surface area contributed by atoms with Crippen molar-refractivity contribution in [3.8, 4) is 0 Å². The fourth-order valence-electron chi connectivity index (χ4n) is 4.22. The second kappa shape index (κ2) is 8.34. The van der Waals surface area contributed by atoms with Gasteiger partial charge in [-0.2, -0.15) is 0 Å². The van der Waals surface area contributed by atoms with E-state index in [1.54, 1.807) is 18.4 Å². The number of piperidine rings is 1. The standard InChI is InChI=1S/C20H26ClN3O3S/c1-13-8-20(19-15(7-17(21)28-19)16(25)12-27-20)4-5-24(13)11-14-9-22-18(23-10-14)3-6-26-2/h7,9-10,13,16,25H,3-6,8,11-12H2,1-2H3/t13-,16-,20+/m0/s1. The van der Waals surface area contributed by atoms with Crippen molar-refractivity contribution in [3.05, 3.63) is 44.6 Å². The highest BCUT2D eigenvalue weighted by atomic mass is 35.5. The first kappa shape index (κ1) is 20.2. The minimum atomic E-state index is -0.577. The minimum absolute atomic E-state index is 0.331. The number of aliphatic hydroxyl groups is 1. The molecule has 2 aliphatic rings. The fourth-order valence-corrected chi connectivity index (χ4v) is 5.69. The Morgan fingerprint density at radius 3 is 2.93 bits per heavy atom. The van der Waals surface area contributed by atoms with Crippen LogP contribution in [-0.4, -0.2) is 52.9 Å². The van der Waals surface area contributed by atoms with Gasteiger partial charge in [-0.25, -0.2) is 9.97 Å². The van der Waals surface area contributed by atoms with Gasteiger partial charge in [0.05, 0.1) is 17.6 Å². The lowest BCUT2D eigenvalue weighted by molar-refractivity contribution is -0.139. The molecule has 0 saturated carbocycles. The quantitative estimate of drug-likeness (QED) is 0.795. The maximum atomic E-state index is 10.3. The molecule has 4 rings (SSSR count). The third kappa shape index (κ3) is 3.97. The molecule has 8 heteroatoms. The number of fused-ring (bicyclic) bond motifs is 2. The number of hydrogen-bond acceptors (Lipinski definition) is 7. The molecule has 4 heterocycles. The third-order valence-corrected chi connectivity index (χ3v) is 7.21. The first-order chi connectivity index (χ1) is 13.5. The summed E-state index contributed by atoms with van der Waals surface area (Å²) in [6.45, 7) is 4.94. The number of aromatic nitrogens is 2. The topological polar surface area (TPSA) is 67.7 Å². The van der Waals surface area contributed by atoms with Crippen molar-refractivity contribution in [3.63, 3.8) is 0 Å². The van der Waals surface area contributed by atoms with Crippen molar-refractivity contribution in [2.45, 2.75) is 50.5 Å². The van der Waals surface area contributed by atoms with Crippen LogP contribution in [0.15, 0.2) is 18.5 Å². The molecule has 0 radical (unpaired) electrons. The molecule has 0 amide bonds. The highest BCUT2D eigenvalue weighted by Gasteiger charge is 2.46. The van der Waals surface area contributed by atoms with Gasteiger partial charge in [0.15, 0.2) is 0 Å². The number of aliphatic hydroxyl groups excluding tert-OH is 1. The van der Waals surface area contributed by atoms with Crippen LogP contribution in [0.4, 0.5) is 0 Å². The zero-order chi connectivity index (χ0) is 19.7. The Morgan fingerprint density at radius 2 is 2.21 bits per heavy atom. The molecule has 152 valence electrons. The largest absolute Gasteiger partial charge is 0.386 e. The van der Waals surface area contributed by atoms with Gasteiger partial charge in [0.1, 0.15) is 17.5 Å². The van der Waals surface area contributed by atoms with Gasteiger partial charge >= 0.3 is 0 Å². The van der Waals surface area contributed by atoms with Crippen LogP contribution < -0.4 is 0 Å². The number of rotatable bonds is 5. The van der Waals surface area contributed by atoms with Gasteiger partial charge in [-0.05, 0) is 25.8 Å². The number of thiophene rings is 1. The number of ether oxygens (including phenoxy) is 2. The predicted molar refractivity (Wildman–Crippen MR) is 109 cm³/mol. The molecule has 2 aromatic heterocycles. The normalized spacial score (nSPS) is 27.9. The molecule has 0 bridgehead atoms. The number of methoxy groups -OCH3 is 1. The van der Waals surface area contributed by atoms with E-state index in [-0.39, 0.29) is 5.60 Å². The van der Waals surface area contributed by atoms with E-state index in [0.29, 0.717) is 19.3 Å². The summed E-state index contributed by atoms with van der Waals surface area (Å²) in [7, 11) is 1.68. The Labute approximate surface area is 174 Å². The summed E-state index contributed by atoms with van der Waals surface area (Å²) in [5, 5.41) is 10.3. The summed E-state index contributed by atoms with van der Waals surface area (Å²) in [5.41, 5.74) is 1.73. The highest BCUT2D eigenvalue weighted by Crippen LogP contribution is 2.50. The van der Waals surface area contributed by atoms with Crippen LogP contribution in [0.5, 0.6) is 0 Å². The Morgan fingerprint density at radius 1 is 1.43 bits per heavy atom. The monoisotopic (exact) mass is 423 g/mol. The second-order valence-corrected chi connectivity index (χ2v) is 9.36. The van der Waals surface area contributed by atoms with Crippen LogP contribution >= 0.6 is 22.9 Å². The first-order valence-electron chi connectivity index (χ1n) is 9.65. The molecule has 6 nitrogen and oxygen atoms in total. The summed E-state index contributed by atoms with van der Waals surface area (Å²) < 4.78 is 12.0. The maximum Gasteiger partial charge on any atom is 0.130 e. The van der Waals surface area contributed by atoms with Crippen molar-refractivity contribution in [1.29, 1.82) is 0 Å². The van der Waals surface area contributed by atoms with Crippen LogP contribution in [0.3, 0.4) is 0 Å². The van der Waals surface area contributed by atoms with E-state index in [9.17, 15) is 5.11 Å². The summed E-state index contributed by atoms with van der Waals surface area (Å²) in [6, 6.07) is 2.24. The summed E-state index contributed by atoms with van der Waals surface area (Å²) in [4.78, 5) is 12.4. The Hall–Kier alpha value is -1.09. The molecular formula is C20H26ClN3O3S. The Bertz CT molecular complexity index is 816. The zero-order valence-electron chi connectivity index (χ0n) is 16.2. The number of halogens is 1. The molecule has 2 aromatic rings. The first-order valence-corrected chi connectivity index (χ1v) is 10.8. The molecule has 2 aliphatic heterocycles. The molecule has 0 unspecified atom stereocenters. The van der Waals surface area contributed by atoms with E-state index in [0.717, 1.165) is 58.5 Å². The van der Waals surface area contributed by atoms with Gasteiger partial charge in [-0.15, -0.1) is 11.3 Å². The van der Waals surface area contributed by atoms with Gasteiger partial charge in [-0.3, -0.25) is 4.90 Å². The van der Waals surface area contributed by atoms with Crippen LogP contribution in [-0.2, 0) is 28.0 Å². The van der Waals surface area contributed by atoms with Gasteiger partial charge in [0, 0.05) is 61.1 Å². The fraction of sp³-hybridized carbons (Fsp3) is 0.600. The third-order valence-electron chi connectivity index (χ3n) is 5.75. The average Bonchev–Trinajstić information content (AvgIpc) is 3.10. The van der Waals surface area contributed by atoms with E-state index < -0.39 is 6.10 Å². The summed E-state index contributed by atoms with van der Waals surface area (Å²) in [5.74, 6) is 0.813. The Balaban J connectivity index is 1.44. The van der Waals surface area contributed by atoms with Gasteiger partial charge in [-0.1, -0.05) is 11.6 Å². The predicted octanol–water partition coefficient (Wildman–Crippen LogP) is 3.32. The lowest BCUT2D eigenvalue weighted by Crippen LogP contribution is -2.50. The van der Waals surface area contributed by atoms with Gasteiger partial charge < -0.3 is 14.6 Å². The summed E-state index contributed by atoms with van der Waals surface area (Å²) in [6.07, 6.45) is 5.76. The highest BCUT2D eigenvalue weighted by molar-refractivity contribution is 7.16. The van der Waals surface area contributed by atoms with Crippen molar-refractivity contribution in [2.24, 2.45) is 0 Å². The lowest BCUT2D eigenvalue weighted by Gasteiger charge is -2.47. The lowest BCUT2D eigenvalue weighted by atomic mass is 9.81. The van der Waals surface area contributed by atoms with Crippen LogP contribution in [0.1, 0.15) is 47.7 Å². The smallest absolute Gasteiger partial charge is 0.130 e. The van der Waals surface area contributed by atoms with Crippen molar-refractivity contribution in [1.82, 2.24) is 14.9 Å². The second-order valence-electron chi connectivity index (χ2n) is 7.68. The van der Waals surface area contributed by atoms with E-state index >= 15 is 0 Å².